The first-order valence-electron chi connectivity index (χ1n) is 10.2. The molecule has 3 aromatic carbocycles. The first kappa shape index (κ1) is 22.5. The van der Waals surface area contributed by atoms with E-state index in [-0.39, 0.29) is 11.2 Å². The smallest absolute Gasteiger partial charge is 0.238 e. The predicted molar refractivity (Wildman–Crippen MR) is 134 cm³/mol. The van der Waals surface area contributed by atoms with E-state index in [9.17, 15) is 4.79 Å². The van der Waals surface area contributed by atoms with Gasteiger partial charge in [-0.3, -0.25) is 4.79 Å². The Hall–Kier alpha value is -2.73. The highest BCUT2D eigenvalue weighted by atomic mass is 35.5. The van der Waals surface area contributed by atoms with E-state index in [2.05, 4.69) is 10.3 Å². The van der Waals surface area contributed by atoms with Crippen LogP contribution in [0.1, 0.15) is 13.3 Å². The molecule has 0 saturated carbocycles. The molecule has 1 amide bonds. The number of rotatable bonds is 7. The summed E-state index contributed by atoms with van der Waals surface area (Å²) in [5.74, 6) is -0.138. The van der Waals surface area contributed by atoms with Gasteiger partial charge in [-0.25, -0.2) is 4.98 Å². The Kier molecular flexibility index (Phi) is 7.20. The van der Waals surface area contributed by atoms with Crippen LogP contribution in [0, 0.1) is 0 Å². The van der Waals surface area contributed by atoms with Crippen LogP contribution in [0.4, 0.5) is 5.69 Å². The van der Waals surface area contributed by atoms with Crippen molar-refractivity contribution in [3.05, 3.63) is 88.9 Å². The maximum Gasteiger partial charge on any atom is 0.238 e. The molecule has 1 unspecified atom stereocenters. The fourth-order valence-corrected chi connectivity index (χ4v) is 4.65. The Bertz CT molecular complexity index is 1160. The minimum atomic E-state index is -0.347. The van der Waals surface area contributed by atoms with Gasteiger partial charge >= 0.3 is 0 Å². The van der Waals surface area contributed by atoms with E-state index < -0.39 is 0 Å². The zero-order valence-electron chi connectivity index (χ0n) is 17.3. The average molecular weight is 482 g/mol. The third-order valence-electron chi connectivity index (χ3n) is 4.90. The second kappa shape index (κ2) is 10.3. The van der Waals surface area contributed by atoms with Crippen molar-refractivity contribution in [1.82, 2.24) is 9.97 Å². The maximum absolute atomic E-state index is 13.0. The van der Waals surface area contributed by atoms with Gasteiger partial charge in [0.1, 0.15) is 0 Å². The summed E-state index contributed by atoms with van der Waals surface area (Å²) in [4.78, 5) is 21.2. The van der Waals surface area contributed by atoms with E-state index in [0.717, 1.165) is 22.5 Å². The molecule has 0 spiro atoms. The number of anilines is 1. The summed E-state index contributed by atoms with van der Waals surface area (Å²) in [6.45, 7) is 1.97. The first-order valence-corrected chi connectivity index (χ1v) is 11.8. The van der Waals surface area contributed by atoms with Gasteiger partial charge in [0, 0.05) is 16.1 Å². The van der Waals surface area contributed by atoms with Gasteiger partial charge in [0.25, 0.3) is 0 Å². The van der Waals surface area contributed by atoms with Crippen molar-refractivity contribution in [2.24, 2.45) is 0 Å². The number of carbonyl (C=O) groups excluding carboxylic acids is 1. The van der Waals surface area contributed by atoms with Gasteiger partial charge in [0.05, 0.1) is 27.3 Å². The van der Waals surface area contributed by atoms with Gasteiger partial charge in [-0.2, -0.15) is 0 Å². The Morgan fingerprint density at radius 3 is 2.28 bits per heavy atom. The molecule has 1 aromatic heterocycles. The Balaban J connectivity index is 1.61. The lowest BCUT2D eigenvalue weighted by Crippen LogP contribution is -2.24. The van der Waals surface area contributed by atoms with Crippen molar-refractivity contribution in [1.29, 1.82) is 0 Å². The standard InChI is InChI=1S/C25H21Cl2N3OS/c1-2-21(24(31)28-20-14-13-18(26)15-19(20)27)32-25-29-22(16-9-5-3-6-10-16)23(30-25)17-11-7-4-8-12-17/h3-15,21H,2H2,1H3,(H,28,31)(H,29,30). The fraction of sp³-hybridized carbons (Fsp3) is 0.120. The molecule has 1 heterocycles. The number of halogens is 2. The van der Waals surface area contributed by atoms with Crippen molar-refractivity contribution in [2.75, 3.05) is 5.32 Å². The van der Waals surface area contributed by atoms with Gasteiger partial charge in [0.15, 0.2) is 5.16 Å². The number of imidazole rings is 1. The highest BCUT2D eigenvalue weighted by Gasteiger charge is 2.22. The number of aromatic nitrogens is 2. The number of nitrogens with zero attached hydrogens (tertiary/aromatic N) is 1. The topological polar surface area (TPSA) is 57.8 Å². The number of H-pyrrole nitrogens is 1. The number of hydrogen-bond donors (Lipinski definition) is 2. The van der Waals surface area contributed by atoms with Crippen LogP contribution in [-0.4, -0.2) is 21.1 Å². The number of carbonyl (C=O) groups is 1. The summed E-state index contributed by atoms with van der Waals surface area (Å²) in [5, 5.41) is 4.17. The molecule has 4 aromatic rings. The average Bonchev–Trinajstić information content (AvgIpc) is 3.24. The number of hydrogen-bond acceptors (Lipinski definition) is 3. The number of amides is 1. The molecule has 0 saturated heterocycles. The summed E-state index contributed by atoms with van der Waals surface area (Å²) in [6.07, 6.45) is 0.629. The molecule has 0 aliphatic heterocycles. The summed E-state index contributed by atoms with van der Waals surface area (Å²) >= 11 is 13.6. The van der Waals surface area contributed by atoms with E-state index >= 15 is 0 Å². The van der Waals surface area contributed by atoms with E-state index in [1.807, 2.05) is 67.6 Å². The lowest BCUT2D eigenvalue weighted by Gasteiger charge is -2.14. The fourth-order valence-electron chi connectivity index (χ4n) is 3.29. The molecule has 4 nitrogen and oxygen atoms in total. The highest BCUT2D eigenvalue weighted by Crippen LogP contribution is 2.35. The molecule has 2 N–H and O–H groups in total. The minimum absolute atomic E-state index is 0.138. The number of nitrogens with one attached hydrogen (secondary N) is 2. The van der Waals surface area contributed by atoms with Gasteiger partial charge in [-0.05, 0) is 24.6 Å². The molecule has 4 rings (SSSR count). The molecular formula is C25H21Cl2N3OS. The monoisotopic (exact) mass is 481 g/mol. The first-order chi connectivity index (χ1) is 15.5. The van der Waals surface area contributed by atoms with E-state index in [4.69, 9.17) is 28.2 Å². The van der Waals surface area contributed by atoms with Crippen molar-refractivity contribution in [3.8, 4) is 22.5 Å². The largest absolute Gasteiger partial charge is 0.332 e. The molecule has 7 heteroatoms. The second-order valence-electron chi connectivity index (χ2n) is 7.13. The summed E-state index contributed by atoms with van der Waals surface area (Å²) < 4.78 is 0. The zero-order chi connectivity index (χ0) is 22.5. The van der Waals surface area contributed by atoms with Crippen molar-refractivity contribution >= 4 is 46.6 Å². The lowest BCUT2D eigenvalue weighted by atomic mass is 10.1. The summed E-state index contributed by atoms with van der Waals surface area (Å²) in [5.41, 5.74) is 4.37. The van der Waals surface area contributed by atoms with Crippen LogP contribution >= 0.6 is 35.0 Å². The Morgan fingerprint density at radius 2 is 1.66 bits per heavy atom. The molecule has 1 atom stereocenters. The second-order valence-corrected chi connectivity index (χ2v) is 9.16. The molecule has 162 valence electrons. The molecule has 0 fully saturated rings. The van der Waals surface area contributed by atoms with Gasteiger partial charge in [0.2, 0.25) is 5.91 Å². The SMILES string of the molecule is CCC(Sc1nc(-c2ccccc2)c(-c2ccccc2)[nH]1)C(=O)Nc1ccc(Cl)cc1Cl. The number of aromatic amines is 1. The van der Waals surface area contributed by atoms with Crippen LogP contribution in [0.2, 0.25) is 10.0 Å². The summed E-state index contributed by atoms with van der Waals surface area (Å²) in [6, 6.07) is 25.1. The van der Waals surface area contributed by atoms with Crippen molar-refractivity contribution < 1.29 is 4.79 Å². The van der Waals surface area contributed by atoms with Gasteiger partial charge in [-0.1, -0.05) is 103 Å². The summed E-state index contributed by atoms with van der Waals surface area (Å²) in [7, 11) is 0. The lowest BCUT2D eigenvalue weighted by molar-refractivity contribution is -0.115. The minimum Gasteiger partial charge on any atom is -0.332 e. The van der Waals surface area contributed by atoms with E-state index in [0.29, 0.717) is 27.3 Å². The predicted octanol–water partition coefficient (Wildman–Crippen LogP) is 7.56. The number of thioether (sulfide) groups is 1. The van der Waals surface area contributed by atoms with Crippen LogP contribution in [-0.2, 0) is 4.79 Å². The molecule has 32 heavy (non-hydrogen) atoms. The highest BCUT2D eigenvalue weighted by molar-refractivity contribution is 8.00. The Labute approximate surface area is 201 Å². The van der Waals surface area contributed by atoms with Crippen LogP contribution in [0.5, 0.6) is 0 Å². The maximum atomic E-state index is 13.0. The van der Waals surface area contributed by atoms with Crippen molar-refractivity contribution in [3.63, 3.8) is 0 Å². The number of benzene rings is 3. The van der Waals surface area contributed by atoms with E-state index in [1.165, 1.54) is 11.8 Å². The quantitative estimate of drug-likeness (QED) is 0.267. The molecule has 0 bridgehead atoms. The molecule has 0 aliphatic rings. The molecular weight excluding hydrogens is 461 g/mol. The van der Waals surface area contributed by atoms with Crippen LogP contribution in [0.15, 0.2) is 84.0 Å². The van der Waals surface area contributed by atoms with E-state index in [1.54, 1.807) is 18.2 Å². The van der Waals surface area contributed by atoms with Gasteiger partial charge < -0.3 is 10.3 Å². The third-order valence-corrected chi connectivity index (χ3v) is 6.69. The molecule has 0 radical (unpaired) electrons. The Morgan fingerprint density at radius 1 is 1.00 bits per heavy atom. The van der Waals surface area contributed by atoms with Crippen LogP contribution < -0.4 is 5.32 Å². The van der Waals surface area contributed by atoms with Gasteiger partial charge in [-0.15, -0.1) is 0 Å². The normalized spacial score (nSPS) is 11.8. The van der Waals surface area contributed by atoms with Crippen molar-refractivity contribution in [2.45, 2.75) is 23.8 Å². The zero-order valence-corrected chi connectivity index (χ0v) is 19.6. The van der Waals surface area contributed by atoms with Crippen LogP contribution in [0.3, 0.4) is 0 Å². The third kappa shape index (κ3) is 5.18. The molecule has 0 aliphatic carbocycles. The van der Waals surface area contributed by atoms with Crippen LogP contribution in [0.25, 0.3) is 22.5 Å².